The van der Waals surface area contributed by atoms with Gasteiger partial charge in [0, 0.05) is 20.1 Å². The van der Waals surface area contributed by atoms with E-state index in [4.69, 9.17) is 9.47 Å². The molecule has 0 heterocycles. The van der Waals surface area contributed by atoms with E-state index >= 15 is 0 Å². The van der Waals surface area contributed by atoms with Gasteiger partial charge in [0.2, 0.25) is 0 Å². The Kier molecular flexibility index (Phi) is 11.9. The Morgan fingerprint density at radius 2 is 1.89 bits per heavy atom. The van der Waals surface area contributed by atoms with Crippen molar-refractivity contribution in [2.45, 2.75) is 52.8 Å². The van der Waals surface area contributed by atoms with Crippen LogP contribution in [0.4, 0.5) is 4.79 Å². The second-order valence-electron chi connectivity index (χ2n) is 7.65. The van der Waals surface area contributed by atoms with E-state index in [2.05, 4.69) is 34.8 Å². The van der Waals surface area contributed by atoms with Gasteiger partial charge in [-0.05, 0) is 44.4 Å². The molecule has 0 bridgehead atoms. The molecule has 0 aliphatic heterocycles. The molecule has 28 heavy (non-hydrogen) atoms. The van der Waals surface area contributed by atoms with Gasteiger partial charge >= 0.3 is 6.09 Å². The average Bonchev–Trinajstić information content (AvgIpc) is 2.59. The zero-order valence-electron chi connectivity index (χ0n) is 18.0. The number of rotatable bonds is 7. The highest BCUT2D eigenvalue weighted by Gasteiger charge is 2.21. The molecule has 0 radical (unpaired) electrons. The van der Waals surface area contributed by atoms with Gasteiger partial charge in [0.1, 0.15) is 11.4 Å². The summed E-state index contributed by atoms with van der Waals surface area (Å²) < 4.78 is 10.6. The second-order valence-corrected chi connectivity index (χ2v) is 7.65. The molecule has 8 heteroatoms. The summed E-state index contributed by atoms with van der Waals surface area (Å²) >= 11 is 0. The van der Waals surface area contributed by atoms with Gasteiger partial charge in [-0.15, -0.1) is 24.0 Å². The van der Waals surface area contributed by atoms with Crippen molar-refractivity contribution < 1.29 is 14.3 Å². The summed E-state index contributed by atoms with van der Waals surface area (Å²) in [6, 6.07) is 7.76. The average molecular weight is 506 g/mol. The van der Waals surface area contributed by atoms with Crippen molar-refractivity contribution in [1.29, 1.82) is 0 Å². The van der Waals surface area contributed by atoms with Gasteiger partial charge in [-0.1, -0.05) is 26.0 Å². The van der Waals surface area contributed by atoms with Gasteiger partial charge in [-0.2, -0.15) is 0 Å². The molecule has 1 atom stereocenters. The zero-order valence-corrected chi connectivity index (χ0v) is 20.3. The summed E-state index contributed by atoms with van der Waals surface area (Å²) in [6.45, 7) is 10.8. The van der Waals surface area contributed by atoms with Gasteiger partial charge in [-0.3, -0.25) is 4.99 Å². The number of guanidine groups is 1. The van der Waals surface area contributed by atoms with Crippen LogP contribution in [-0.4, -0.2) is 44.4 Å². The minimum Gasteiger partial charge on any atom is -0.497 e. The molecule has 1 amide bonds. The summed E-state index contributed by atoms with van der Waals surface area (Å²) in [5.41, 5.74) is 0.567. The first-order chi connectivity index (χ1) is 12.6. The first-order valence-electron chi connectivity index (χ1n) is 9.21. The van der Waals surface area contributed by atoms with Gasteiger partial charge in [0.05, 0.1) is 13.2 Å². The second kappa shape index (κ2) is 12.7. The molecule has 0 aromatic heterocycles. The summed E-state index contributed by atoms with van der Waals surface area (Å²) in [5.74, 6) is 1.72. The molecule has 0 saturated heterocycles. The number of hydrogen-bond acceptors (Lipinski definition) is 4. The maximum atomic E-state index is 12.0. The number of halogens is 1. The van der Waals surface area contributed by atoms with Gasteiger partial charge in [0.25, 0.3) is 0 Å². The van der Waals surface area contributed by atoms with E-state index in [-0.39, 0.29) is 35.9 Å². The Labute approximate surface area is 186 Å². The fourth-order valence-corrected chi connectivity index (χ4v) is 2.31. The first-order valence-corrected chi connectivity index (χ1v) is 9.21. The minimum atomic E-state index is -0.520. The van der Waals surface area contributed by atoms with E-state index in [1.54, 1.807) is 14.2 Å². The number of nitrogens with zero attached hydrogens (tertiary/aromatic N) is 1. The summed E-state index contributed by atoms with van der Waals surface area (Å²) in [4.78, 5) is 16.3. The van der Waals surface area contributed by atoms with Gasteiger partial charge in [-0.25, -0.2) is 4.79 Å². The van der Waals surface area contributed by atoms with Crippen molar-refractivity contribution in [3.8, 4) is 5.75 Å². The highest BCUT2D eigenvalue weighted by molar-refractivity contribution is 14.0. The molecule has 7 nitrogen and oxygen atoms in total. The number of carbonyl (C=O) groups is 1. The molecule has 3 N–H and O–H groups in total. The molecule has 1 unspecified atom stereocenters. The molecular weight excluding hydrogens is 471 g/mol. The highest BCUT2D eigenvalue weighted by atomic mass is 127. The SMILES string of the molecule is CN=C(NCc1cccc(OC)c1)NCC(NC(=O)OC(C)(C)C)C(C)C.I. The molecule has 0 saturated carbocycles. The van der Waals surface area contributed by atoms with Crippen LogP contribution in [0.15, 0.2) is 29.3 Å². The molecule has 0 spiro atoms. The smallest absolute Gasteiger partial charge is 0.407 e. The van der Waals surface area contributed by atoms with Crippen LogP contribution in [0.2, 0.25) is 0 Å². The lowest BCUT2D eigenvalue weighted by Crippen LogP contribution is -2.50. The fraction of sp³-hybridized carbons (Fsp3) is 0.600. The summed E-state index contributed by atoms with van der Waals surface area (Å²) in [7, 11) is 3.36. The van der Waals surface area contributed by atoms with E-state index in [1.807, 2.05) is 45.0 Å². The molecule has 1 aromatic rings. The lowest BCUT2D eigenvalue weighted by atomic mass is 10.0. The van der Waals surface area contributed by atoms with Crippen molar-refractivity contribution in [2.75, 3.05) is 20.7 Å². The van der Waals surface area contributed by atoms with Crippen LogP contribution in [0, 0.1) is 5.92 Å². The molecule has 160 valence electrons. The maximum absolute atomic E-state index is 12.0. The number of hydrogen-bond donors (Lipinski definition) is 3. The van der Waals surface area contributed by atoms with Crippen molar-refractivity contribution >= 4 is 36.0 Å². The van der Waals surface area contributed by atoms with Crippen LogP contribution in [0.1, 0.15) is 40.2 Å². The van der Waals surface area contributed by atoms with Crippen molar-refractivity contribution in [3.05, 3.63) is 29.8 Å². The van der Waals surface area contributed by atoms with Crippen LogP contribution in [0.25, 0.3) is 0 Å². The monoisotopic (exact) mass is 506 g/mol. The molecule has 0 aliphatic carbocycles. The van der Waals surface area contributed by atoms with E-state index in [1.165, 1.54) is 0 Å². The molecule has 1 aromatic carbocycles. The largest absolute Gasteiger partial charge is 0.497 e. The Morgan fingerprint density at radius 3 is 2.43 bits per heavy atom. The summed E-state index contributed by atoms with van der Waals surface area (Å²) in [6.07, 6.45) is -0.415. The number of aliphatic imine (C=N–C) groups is 1. The molecule has 0 aliphatic rings. The lowest BCUT2D eigenvalue weighted by Gasteiger charge is -2.26. The summed E-state index contributed by atoms with van der Waals surface area (Å²) in [5, 5.41) is 9.44. The Hall–Kier alpha value is -1.71. The predicted octanol–water partition coefficient (Wildman–Crippen LogP) is 3.53. The number of ether oxygens (including phenoxy) is 2. The molecule has 1 rings (SSSR count). The highest BCUT2D eigenvalue weighted by Crippen LogP contribution is 2.12. The number of benzene rings is 1. The van der Waals surface area contributed by atoms with E-state index in [0.29, 0.717) is 19.0 Å². The molecular formula is C20H35IN4O3. The first kappa shape index (κ1) is 26.3. The lowest BCUT2D eigenvalue weighted by molar-refractivity contribution is 0.0491. The quantitative estimate of drug-likeness (QED) is 0.300. The minimum absolute atomic E-state index is 0. The number of nitrogens with one attached hydrogen (secondary N) is 3. The van der Waals surface area contributed by atoms with Gasteiger partial charge < -0.3 is 25.4 Å². The van der Waals surface area contributed by atoms with Crippen LogP contribution in [0.3, 0.4) is 0 Å². The number of methoxy groups -OCH3 is 1. The van der Waals surface area contributed by atoms with Crippen molar-refractivity contribution in [2.24, 2.45) is 10.9 Å². The van der Waals surface area contributed by atoms with Crippen LogP contribution in [0.5, 0.6) is 5.75 Å². The number of carbonyl (C=O) groups excluding carboxylic acids is 1. The topological polar surface area (TPSA) is 84.0 Å². The normalized spacial score (nSPS) is 12.6. The Morgan fingerprint density at radius 1 is 1.21 bits per heavy atom. The van der Waals surface area contributed by atoms with Gasteiger partial charge in [0.15, 0.2) is 5.96 Å². The third-order valence-corrected chi connectivity index (χ3v) is 3.81. The molecule has 0 fully saturated rings. The fourth-order valence-electron chi connectivity index (χ4n) is 2.31. The Bertz CT molecular complexity index is 630. The van der Waals surface area contributed by atoms with Crippen molar-refractivity contribution in [3.63, 3.8) is 0 Å². The number of amides is 1. The van der Waals surface area contributed by atoms with Crippen molar-refractivity contribution in [1.82, 2.24) is 16.0 Å². The van der Waals surface area contributed by atoms with Crippen LogP contribution < -0.4 is 20.7 Å². The number of alkyl carbamates (subject to hydrolysis) is 1. The standard InChI is InChI=1S/C20H34N4O3.HI/c1-14(2)17(24-19(25)27-20(3,4)5)13-23-18(21-6)22-12-15-9-8-10-16(11-15)26-7;/h8-11,14,17H,12-13H2,1-7H3,(H,24,25)(H2,21,22,23);1H. The van der Waals surface area contributed by atoms with E-state index in [9.17, 15) is 4.79 Å². The predicted molar refractivity (Wildman–Crippen MR) is 125 cm³/mol. The third-order valence-electron chi connectivity index (χ3n) is 3.81. The van der Waals surface area contributed by atoms with Crippen LogP contribution >= 0.6 is 24.0 Å². The third kappa shape index (κ3) is 10.6. The zero-order chi connectivity index (χ0) is 20.4. The Balaban J connectivity index is 0.00000729. The van der Waals surface area contributed by atoms with E-state index in [0.717, 1.165) is 11.3 Å². The van der Waals surface area contributed by atoms with E-state index < -0.39 is 11.7 Å². The van der Waals surface area contributed by atoms with Crippen LogP contribution in [-0.2, 0) is 11.3 Å². The maximum Gasteiger partial charge on any atom is 0.407 e.